The smallest absolute Gasteiger partial charge is 0.246 e. The van der Waals surface area contributed by atoms with Gasteiger partial charge in [0.15, 0.2) is 0 Å². The van der Waals surface area contributed by atoms with Crippen LogP contribution in [0.5, 0.6) is 0 Å². The molecule has 7 nitrogen and oxygen atoms in total. The lowest BCUT2D eigenvalue weighted by Gasteiger charge is -2.02. The highest BCUT2D eigenvalue weighted by Gasteiger charge is 2.05. The van der Waals surface area contributed by atoms with Crippen LogP contribution in [0.1, 0.15) is 12.6 Å². The number of hydrogen-bond acceptors (Lipinski definition) is 5. The van der Waals surface area contributed by atoms with Crippen LogP contribution in [0.25, 0.3) is 5.69 Å². The molecule has 2 aromatic heterocycles. The van der Waals surface area contributed by atoms with E-state index in [1.807, 2.05) is 19.1 Å². The number of carbonyl (C=O) groups excluding carboxylic acids is 1. The molecule has 0 spiro atoms. The molecular formula is C12H15N5O2. The SMILES string of the molecule is CCOCC(=O)NCc1cn(-c2cccnc2)nn1. The second-order valence-corrected chi connectivity index (χ2v) is 3.78. The summed E-state index contributed by atoms with van der Waals surface area (Å²) in [6.45, 7) is 2.75. The van der Waals surface area contributed by atoms with Gasteiger partial charge < -0.3 is 10.1 Å². The minimum absolute atomic E-state index is 0.0627. The molecule has 1 N–H and O–H groups in total. The third-order valence-electron chi connectivity index (χ3n) is 2.36. The highest BCUT2D eigenvalue weighted by molar-refractivity contribution is 5.77. The molecule has 2 rings (SSSR count). The normalized spacial score (nSPS) is 10.4. The zero-order chi connectivity index (χ0) is 13.5. The number of nitrogens with one attached hydrogen (secondary N) is 1. The van der Waals surface area contributed by atoms with Gasteiger partial charge in [-0.15, -0.1) is 5.10 Å². The predicted octanol–water partition coefficient (Wildman–Crippen LogP) is 0.315. The lowest BCUT2D eigenvalue weighted by atomic mass is 10.4. The molecule has 7 heteroatoms. The lowest BCUT2D eigenvalue weighted by Crippen LogP contribution is -2.27. The fourth-order valence-corrected chi connectivity index (χ4v) is 1.43. The molecule has 2 heterocycles. The van der Waals surface area contributed by atoms with Crippen molar-refractivity contribution in [1.82, 2.24) is 25.3 Å². The highest BCUT2D eigenvalue weighted by atomic mass is 16.5. The van der Waals surface area contributed by atoms with Crippen molar-refractivity contribution in [2.24, 2.45) is 0 Å². The van der Waals surface area contributed by atoms with Crippen LogP contribution >= 0.6 is 0 Å². The van der Waals surface area contributed by atoms with Gasteiger partial charge in [0.2, 0.25) is 5.91 Å². The lowest BCUT2D eigenvalue weighted by molar-refractivity contribution is -0.125. The molecule has 0 fully saturated rings. The van der Waals surface area contributed by atoms with Gasteiger partial charge in [0.05, 0.1) is 24.6 Å². The van der Waals surface area contributed by atoms with E-state index in [9.17, 15) is 4.79 Å². The molecule has 2 aromatic rings. The van der Waals surface area contributed by atoms with Crippen LogP contribution in [0.3, 0.4) is 0 Å². The molecule has 0 atom stereocenters. The Morgan fingerprint density at radius 3 is 3.16 bits per heavy atom. The van der Waals surface area contributed by atoms with E-state index in [1.54, 1.807) is 23.3 Å². The molecule has 0 aromatic carbocycles. The summed E-state index contributed by atoms with van der Waals surface area (Å²) >= 11 is 0. The summed E-state index contributed by atoms with van der Waals surface area (Å²) in [5, 5.41) is 10.6. The standard InChI is InChI=1S/C12H15N5O2/c1-2-19-9-12(18)14-6-10-8-17(16-15-10)11-4-3-5-13-7-11/h3-5,7-8H,2,6,9H2,1H3,(H,14,18). The highest BCUT2D eigenvalue weighted by Crippen LogP contribution is 2.03. The van der Waals surface area contributed by atoms with Crippen molar-refractivity contribution in [3.63, 3.8) is 0 Å². The van der Waals surface area contributed by atoms with Crippen LogP contribution in [0, 0.1) is 0 Å². The molecule has 0 unspecified atom stereocenters. The summed E-state index contributed by atoms with van der Waals surface area (Å²) in [5.41, 5.74) is 1.50. The van der Waals surface area contributed by atoms with Gasteiger partial charge in [-0.05, 0) is 19.1 Å². The maximum absolute atomic E-state index is 11.4. The second-order valence-electron chi connectivity index (χ2n) is 3.78. The van der Waals surface area contributed by atoms with Crippen molar-refractivity contribution in [2.45, 2.75) is 13.5 Å². The van der Waals surface area contributed by atoms with Crippen LogP contribution in [-0.2, 0) is 16.1 Å². The van der Waals surface area contributed by atoms with Gasteiger partial charge in [0.25, 0.3) is 0 Å². The molecular weight excluding hydrogens is 246 g/mol. The predicted molar refractivity (Wildman–Crippen MR) is 67.5 cm³/mol. The van der Waals surface area contributed by atoms with Crippen LogP contribution in [0.2, 0.25) is 0 Å². The fourth-order valence-electron chi connectivity index (χ4n) is 1.43. The molecule has 0 bridgehead atoms. The van der Waals surface area contributed by atoms with Crippen LogP contribution in [0.4, 0.5) is 0 Å². The Hall–Kier alpha value is -2.28. The van der Waals surface area contributed by atoms with Crippen molar-refractivity contribution < 1.29 is 9.53 Å². The first-order valence-corrected chi connectivity index (χ1v) is 5.95. The molecule has 19 heavy (non-hydrogen) atoms. The molecule has 100 valence electrons. The van der Waals surface area contributed by atoms with Gasteiger partial charge in [0.1, 0.15) is 12.3 Å². The number of rotatable bonds is 6. The Labute approximate surface area is 110 Å². The van der Waals surface area contributed by atoms with Gasteiger partial charge >= 0.3 is 0 Å². The molecule has 0 saturated carbocycles. The van der Waals surface area contributed by atoms with E-state index in [2.05, 4.69) is 20.6 Å². The Morgan fingerprint density at radius 1 is 1.53 bits per heavy atom. The number of amides is 1. The van der Waals surface area contributed by atoms with E-state index >= 15 is 0 Å². The first-order valence-electron chi connectivity index (χ1n) is 5.95. The summed E-state index contributed by atoms with van der Waals surface area (Å²) in [4.78, 5) is 15.4. The summed E-state index contributed by atoms with van der Waals surface area (Å²) in [5.74, 6) is -0.169. The van der Waals surface area contributed by atoms with E-state index in [0.29, 0.717) is 18.8 Å². The summed E-state index contributed by atoms with van der Waals surface area (Å²) in [6.07, 6.45) is 5.12. The molecule has 0 aliphatic rings. The van der Waals surface area contributed by atoms with E-state index in [1.165, 1.54) is 0 Å². The molecule has 0 aliphatic carbocycles. The topological polar surface area (TPSA) is 81.9 Å². The molecule has 1 amide bonds. The number of ether oxygens (including phenoxy) is 1. The second kappa shape index (κ2) is 6.60. The van der Waals surface area contributed by atoms with Crippen LogP contribution < -0.4 is 5.32 Å². The van der Waals surface area contributed by atoms with Gasteiger partial charge in [-0.3, -0.25) is 9.78 Å². The van der Waals surface area contributed by atoms with Gasteiger partial charge in [-0.2, -0.15) is 0 Å². The maximum atomic E-state index is 11.4. The van der Waals surface area contributed by atoms with Crippen LogP contribution in [-0.4, -0.2) is 39.1 Å². The van der Waals surface area contributed by atoms with Gasteiger partial charge in [-0.25, -0.2) is 4.68 Å². The number of hydrogen-bond donors (Lipinski definition) is 1. The van der Waals surface area contributed by atoms with Gasteiger partial charge in [0, 0.05) is 12.8 Å². The zero-order valence-electron chi connectivity index (χ0n) is 10.6. The number of nitrogens with zero attached hydrogens (tertiary/aromatic N) is 4. The van der Waals surface area contributed by atoms with Crippen LogP contribution in [0.15, 0.2) is 30.7 Å². The monoisotopic (exact) mass is 261 g/mol. The largest absolute Gasteiger partial charge is 0.372 e. The Balaban J connectivity index is 1.90. The number of carbonyl (C=O) groups is 1. The van der Waals surface area contributed by atoms with E-state index in [-0.39, 0.29) is 12.5 Å². The summed E-state index contributed by atoms with van der Waals surface area (Å²) < 4.78 is 6.60. The zero-order valence-corrected chi connectivity index (χ0v) is 10.6. The van der Waals surface area contributed by atoms with Crippen molar-refractivity contribution in [3.8, 4) is 5.69 Å². The molecule has 0 radical (unpaired) electrons. The Bertz CT molecular complexity index is 526. The third kappa shape index (κ3) is 3.85. The molecule has 0 saturated heterocycles. The average Bonchev–Trinajstić information content (AvgIpc) is 2.93. The first kappa shape index (κ1) is 13.2. The fraction of sp³-hybridized carbons (Fsp3) is 0.333. The third-order valence-corrected chi connectivity index (χ3v) is 2.36. The quantitative estimate of drug-likeness (QED) is 0.809. The van der Waals surface area contributed by atoms with Crippen molar-refractivity contribution in [3.05, 3.63) is 36.4 Å². The minimum atomic E-state index is -0.169. The van der Waals surface area contributed by atoms with E-state index in [4.69, 9.17) is 4.74 Å². The Kier molecular flexibility index (Phi) is 4.57. The average molecular weight is 261 g/mol. The maximum Gasteiger partial charge on any atom is 0.246 e. The Morgan fingerprint density at radius 2 is 2.42 bits per heavy atom. The number of aromatic nitrogens is 4. The first-order chi connectivity index (χ1) is 9.29. The summed E-state index contributed by atoms with van der Waals surface area (Å²) in [7, 11) is 0. The van der Waals surface area contributed by atoms with E-state index in [0.717, 1.165) is 5.69 Å². The van der Waals surface area contributed by atoms with Gasteiger partial charge in [-0.1, -0.05) is 5.21 Å². The van der Waals surface area contributed by atoms with Crippen molar-refractivity contribution in [2.75, 3.05) is 13.2 Å². The van der Waals surface area contributed by atoms with Crippen molar-refractivity contribution >= 4 is 5.91 Å². The number of pyridine rings is 1. The minimum Gasteiger partial charge on any atom is -0.372 e. The molecule has 0 aliphatic heterocycles. The van der Waals surface area contributed by atoms with E-state index < -0.39 is 0 Å². The van der Waals surface area contributed by atoms with Crippen molar-refractivity contribution in [1.29, 1.82) is 0 Å². The summed E-state index contributed by atoms with van der Waals surface area (Å²) in [6, 6.07) is 3.69.